The van der Waals surface area contributed by atoms with Crippen LogP contribution < -0.4 is 10.6 Å². The van der Waals surface area contributed by atoms with Gasteiger partial charge in [-0.1, -0.05) is 0 Å². The van der Waals surface area contributed by atoms with Gasteiger partial charge in [-0.05, 0) is 24.3 Å². The van der Waals surface area contributed by atoms with Crippen LogP contribution in [0.1, 0.15) is 11.6 Å². The fraction of sp³-hybridized carbons (Fsp3) is 0.174. The van der Waals surface area contributed by atoms with Gasteiger partial charge in [0.15, 0.2) is 11.6 Å². The van der Waals surface area contributed by atoms with E-state index in [1.54, 1.807) is 23.9 Å². The second kappa shape index (κ2) is 7.72. The molecule has 5 rings (SSSR count). The van der Waals surface area contributed by atoms with Crippen molar-refractivity contribution in [3.8, 4) is 11.1 Å². The minimum absolute atomic E-state index is 0.0782. The number of nitrogen functional groups attached to an aromatic ring is 1. The quantitative estimate of drug-likeness (QED) is 0.356. The van der Waals surface area contributed by atoms with E-state index in [0.29, 0.717) is 22.7 Å². The number of rotatable bonds is 3. The zero-order chi connectivity index (χ0) is 24.3. The molecule has 3 heterocycles. The van der Waals surface area contributed by atoms with Crippen LogP contribution in [0.4, 0.5) is 33.9 Å². The van der Waals surface area contributed by atoms with Crippen molar-refractivity contribution in [1.29, 1.82) is 0 Å². The van der Waals surface area contributed by atoms with E-state index in [9.17, 15) is 18.0 Å². The van der Waals surface area contributed by atoms with Crippen LogP contribution in [0.5, 0.6) is 0 Å². The molecule has 1 aliphatic rings. The maximum atomic E-state index is 15.3. The molecular formula is C23H18F4N6O. The van der Waals surface area contributed by atoms with Gasteiger partial charge < -0.3 is 15.2 Å². The van der Waals surface area contributed by atoms with Crippen LogP contribution in [0.25, 0.3) is 22.2 Å². The maximum absolute atomic E-state index is 15.3. The molecule has 0 bridgehead atoms. The van der Waals surface area contributed by atoms with E-state index < -0.39 is 35.3 Å². The van der Waals surface area contributed by atoms with Gasteiger partial charge in [0.25, 0.3) is 0 Å². The van der Waals surface area contributed by atoms with Crippen molar-refractivity contribution in [3.05, 3.63) is 71.7 Å². The van der Waals surface area contributed by atoms with Crippen LogP contribution in [0.15, 0.2) is 42.9 Å². The number of hydrogen-bond acceptors (Lipinski definition) is 4. The Balaban J connectivity index is 1.51. The summed E-state index contributed by atoms with van der Waals surface area (Å²) in [4.78, 5) is 23.5. The number of nitrogens with zero attached hydrogens (tertiary/aromatic N) is 5. The Morgan fingerprint density at radius 2 is 1.68 bits per heavy atom. The summed E-state index contributed by atoms with van der Waals surface area (Å²) >= 11 is 0. The van der Waals surface area contributed by atoms with Crippen molar-refractivity contribution in [2.24, 2.45) is 7.05 Å². The molecule has 1 aliphatic heterocycles. The first-order valence-corrected chi connectivity index (χ1v) is 10.2. The Morgan fingerprint density at radius 3 is 2.41 bits per heavy atom. The number of halogens is 4. The van der Waals surface area contributed by atoms with Gasteiger partial charge in [-0.3, -0.25) is 4.90 Å². The lowest BCUT2D eigenvalue weighted by Crippen LogP contribution is -2.29. The van der Waals surface area contributed by atoms with Crippen LogP contribution in [-0.2, 0) is 7.05 Å². The Kier molecular flexibility index (Phi) is 4.92. The summed E-state index contributed by atoms with van der Waals surface area (Å²) in [6.07, 6.45) is 3.01. The number of fused-ring (bicyclic) bond motifs is 1. The number of hydrogen-bond donors (Lipinski definition) is 1. The highest BCUT2D eigenvalue weighted by Gasteiger charge is 2.38. The SMILES string of the molecule is CN1C(=O)N(c2ccc(-c3cn(C)c4ncnc(N)c34)c(F)c2)CC1c1cc(F)c(F)cc1F. The smallest absolute Gasteiger partial charge is 0.324 e. The average molecular weight is 470 g/mol. The van der Waals surface area contributed by atoms with Gasteiger partial charge in [0.1, 0.15) is 29.4 Å². The zero-order valence-corrected chi connectivity index (χ0v) is 18.1. The number of likely N-dealkylation sites (N-methyl/N-ethyl adjacent to an activating group) is 1. The van der Waals surface area contributed by atoms with Gasteiger partial charge in [-0.25, -0.2) is 32.3 Å². The van der Waals surface area contributed by atoms with Crippen molar-refractivity contribution >= 4 is 28.6 Å². The summed E-state index contributed by atoms with van der Waals surface area (Å²) in [5.41, 5.74) is 7.33. The predicted octanol–water partition coefficient (Wildman–Crippen LogP) is 4.39. The van der Waals surface area contributed by atoms with Crippen LogP contribution in [-0.4, -0.2) is 39.1 Å². The summed E-state index contributed by atoms with van der Waals surface area (Å²) in [7, 11) is 3.16. The van der Waals surface area contributed by atoms with E-state index in [4.69, 9.17) is 5.73 Å². The molecule has 1 unspecified atom stereocenters. The third kappa shape index (κ3) is 3.23. The molecule has 11 heteroatoms. The molecule has 0 aliphatic carbocycles. The first-order valence-electron chi connectivity index (χ1n) is 10.2. The van der Waals surface area contributed by atoms with E-state index in [-0.39, 0.29) is 29.2 Å². The standard InChI is InChI=1S/C23H18F4N6O/c1-31-8-14(20-21(28)29-10-30-22(20)31)12-4-3-11(5-15(12)24)33-9-19(32(2)23(33)34)13-6-17(26)18(27)7-16(13)25/h3-8,10,19H,9H2,1-2H3,(H2,28,29,30). The number of carbonyl (C=O) groups excluding carboxylic acids is 1. The summed E-state index contributed by atoms with van der Waals surface area (Å²) < 4.78 is 58.4. The molecule has 0 radical (unpaired) electrons. The lowest BCUT2D eigenvalue weighted by molar-refractivity contribution is 0.218. The van der Waals surface area contributed by atoms with E-state index in [1.807, 2.05) is 0 Å². The van der Waals surface area contributed by atoms with Gasteiger partial charge in [0.2, 0.25) is 0 Å². The number of urea groups is 1. The van der Waals surface area contributed by atoms with Gasteiger partial charge in [0, 0.05) is 48.7 Å². The van der Waals surface area contributed by atoms with Crippen molar-refractivity contribution in [3.63, 3.8) is 0 Å². The second-order valence-electron chi connectivity index (χ2n) is 8.08. The highest BCUT2D eigenvalue weighted by Crippen LogP contribution is 2.38. The van der Waals surface area contributed by atoms with E-state index in [0.717, 1.165) is 6.07 Å². The number of benzene rings is 2. The highest BCUT2D eigenvalue weighted by molar-refractivity contribution is 6.01. The first-order chi connectivity index (χ1) is 16.2. The zero-order valence-electron chi connectivity index (χ0n) is 18.1. The Bertz CT molecular complexity index is 1470. The third-order valence-corrected chi connectivity index (χ3v) is 6.09. The molecule has 2 amide bonds. The molecule has 1 atom stereocenters. The fourth-order valence-corrected chi connectivity index (χ4v) is 4.34. The maximum Gasteiger partial charge on any atom is 0.324 e. The van der Waals surface area contributed by atoms with E-state index >= 15 is 4.39 Å². The Labute approximate surface area is 191 Å². The number of anilines is 2. The molecule has 34 heavy (non-hydrogen) atoms. The van der Waals surface area contributed by atoms with Gasteiger partial charge in [0.05, 0.1) is 18.0 Å². The fourth-order valence-electron chi connectivity index (χ4n) is 4.34. The normalized spacial score (nSPS) is 16.2. The number of nitrogens with two attached hydrogens (primary N) is 1. The summed E-state index contributed by atoms with van der Waals surface area (Å²) in [5, 5.41) is 0.502. The topological polar surface area (TPSA) is 80.3 Å². The number of aromatic nitrogens is 3. The molecule has 1 fully saturated rings. The van der Waals surface area contributed by atoms with E-state index in [2.05, 4.69) is 9.97 Å². The number of carbonyl (C=O) groups is 1. The molecule has 0 saturated carbocycles. The second-order valence-corrected chi connectivity index (χ2v) is 8.08. The minimum Gasteiger partial charge on any atom is -0.383 e. The molecule has 2 aromatic heterocycles. The Hall–Kier alpha value is -4.15. The first kappa shape index (κ1) is 21.7. The molecule has 2 aromatic carbocycles. The van der Waals surface area contributed by atoms with Crippen LogP contribution in [0.2, 0.25) is 0 Å². The van der Waals surface area contributed by atoms with E-state index in [1.165, 1.54) is 35.3 Å². The molecule has 0 spiro atoms. The van der Waals surface area contributed by atoms with Crippen molar-refractivity contribution in [2.75, 3.05) is 24.2 Å². The average Bonchev–Trinajstić information content (AvgIpc) is 3.28. The largest absolute Gasteiger partial charge is 0.383 e. The molecule has 174 valence electrons. The van der Waals surface area contributed by atoms with Crippen LogP contribution >= 0.6 is 0 Å². The summed E-state index contributed by atoms with van der Waals surface area (Å²) in [6.45, 7) is -0.0782. The van der Waals surface area contributed by atoms with Crippen molar-refractivity contribution in [1.82, 2.24) is 19.4 Å². The lowest BCUT2D eigenvalue weighted by Gasteiger charge is -2.18. The van der Waals surface area contributed by atoms with Crippen LogP contribution in [0, 0.1) is 23.3 Å². The van der Waals surface area contributed by atoms with Gasteiger partial charge >= 0.3 is 6.03 Å². The molecule has 2 N–H and O–H groups in total. The highest BCUT2D eigenvalue weighted by atomic mass is 19.2. The molecule has 7 nitrogen and oxygen atoms in total. The third-order valence-electron chi connectivity index (χ3n) is 6.09. The number of aryl methyl sites for hydroxylation is 1. The summed E-state index contributed by atoms with van der Waals surface area (Å²) in [5.74, 6) is -3.92. The van der Waals surface area contributed by atoms with Gasteiger partial charge in [-0.15, -0.1) is 0 Å². The molecular weight excluding hydrogens is 452 g/mol. The lowest BCUT2D eigenvalue weighted by atomic mass is 10.0. The summed E-state index contributed by atoms with van der Waals surface area (Å²) in [6, 6.07) is 3.99. The molecule has 4 aromatic rings. The minimum atomic E-state index is -1.32. The number of amides is 2. The predicted molar refractivity (Wildman–Crippen MR) is 118 cm³/mol. The van der Waals surface area contributed by atoms with Crippen molar-refractivity contribution < 1.29 is 22.4 Å². The van der Waals surface area contributed by atoms with Crippen molar-refractivity contribution in [2.45, 2.75) is 6.04 Å². The Morgan fingerprint density at radius 1 is 0.941 bits per heavy atom. The molecule has 1 saturated heterocycles. The van der Waals surface area contributed by atoms with Gasteiger partial charge in [-0.2, -0.15) is 0 Å². The van der Waals surface area contributed by atoms with Crippen LogP contribution in [0.3, 0.4) is 0 Å². The monoisotopic (exact) mass is 470 g/mol.